The molecule has 2 aromatic carbocycles. The Morgan fingerprint density at radius 1 is 1.11 bits per heavy atom. The van der Waals surface area contributed by atoms with Gasteiger partial charge in [-0.2, -0.15) is 0 Å². The molecule has 0 spiro atoms. The first-order valence-corrected chi connectivity index (χ1v) is 9.23. The maximum absolute atomic E-state index is 13.0. The average Bonchev–Trinajstić information content (AvgIpc) is 3.07. The van der Waals surface area contributed by atoms with Crippen molar-refractivity contribution in [2.45, 2.75) is 20.3 Å². The number of rotatable bonds is 6. The third-order valence-corrected chi connectivity index (χ3v) is 4.90. The minimum atomic E-state index is -0.426. The third-order valence-electron chi connectivity index (χ3n) is 4.90. The van der Waals surface area contributed by atoms with Gasteiger partial charge in [-0.15, -0.1) is 0 Å². The van der Waals surface area contributed by atoms with Crippen LogP contribution in [0.25, 0.3) is 0 Å². The van der Waals surface area contributed by atoms with E-state index in [0.717, 1.165) is 24.5 Å². The monoisotopic (exact) mass is 369 g/mol. The summed E-state index contributed by atoms with van der Waals surface area (Å²) in [7, 11) is 0. The van der Waals surface area contributed by atoms with Crippen LogP contribution in [0.15, 0.2) is 48.5 Å². The molecule has 5 nitrogen and oxygen atoms in total. The number of carbonyl (C=O) groups excluding carboxylic acids is 2. The summed E-state index contributed by atoms with van der Waals surface area (Å²) in [5.41, 5.74) is 2.44. The van der Waals surface area contributed by atoms with Crippen molar-refractivity contribution in [2.75, 3.05) is 34.8 Å². The molecule has 1 heterocycles. The second kappa shape index (κ2) is 8.20. The second-order valence-corrected chi connectivity index (χ2v) is 6.59. The van der Waals surface area contributed by atoms with E-state index in [0.29, 0.717) is 12.2 Å². The Balaban J connectivity index is 1.66. The van der Waals surface area contributed by atoms with Crippen LogP contribution in [0.1, 0.15) is 20.3 Å². The van der Waals surface area contributed by atoms with Crippen LogP contribution in [-0.4, -0.2) is 31.4 Å². The number of anilines is 3. The van der Waals surface area contributed by atoms with E-state index in [1.165, 1.54) is 24.3 Å². The molecule has 142 valence electrons. The van der Waals surface area contributed by atoms with Crippen molar-refractivity contribution in [1.82, 2.24) is 0 Å². The zero-order valence-corrected chi connectivity index (χ0v) is 15.6. The van der Waals surface area contributed by atoms with Crippen LogP contribution in [0.4, 0.5) is 21.5 Å². The van der Waals surface area contributed by atoms with Crippen LogP contribution in [-0.2, 0) is 9.59 Å². The van der Waals surface area contributed by atoms with Gasteiger partial charge in [0.15, 0.2) is 0 Å². The van der Waals surface area contributed by atoms with Gasteiger partial charge in [-0.3, -0.25) is 9.59 Å². The molecule has 0 radical (unpaired) electrons. The summed E-state index contributed by atoms with van der Waals surface area (Å²) in [6.07, 6.45) is 0.171. The van der Waals surface area contributed by atoms with Gasteiger partial charge in [0.25, 0.3) is 0 Å². The summed E-state index contributed by atoms with van der Waals surface area (Å²) in [5.74, 6) is -1.07. The van der Waals surface area contributed by atoms with E-state index in [1.54, 1.807) is 4.90 Å². The Morgan fingerprint density at radius 3 is 2.33 bits per heavy atom. The van der Waals surface area contributed by atoms with Crippen molar-refractivity contribution in [3.63, 3.8) is 0 Å². The molecule has 1 saturated heterocycles. The minimum absolute atomic E-state index is 0.0650. The number of carbonyl (C=O) groups is 2. The first-order chi connectivity index (χ1) is 13.0. The van der Waals surface area contributed by atoms with Crippen LogP contribution in [0.2, 0.25) is 0 Å². The largest absolute Gasteiger partial charge is 0.372 e. The van der Waals surface area contributed by atoms with Crippen LogP contribution >= 0.6 is 0 Å². The van der Waals surface area contributed by atoms with E-state index in [4.69, 9.17) is 0 Å². The van der Waals surface area contributed by atoms with E-state index in [1.807, 2.05) is 24.3 Å². The van der Waals surface area contributed by atoms with E-state index >= 15 is 0 Å². The first kappa shape index (κ1) is 18.9. The van der Waals surface area contributed by atoms with Crippen LogP contribution < -0.4 is 15.1 Å². The summed E-state index contributed by atoms with van der Waals surface area (Å²) >= 11 is 0. The topological polar surface area (TPSA) is 52.6 Å². The quantitative estimate of drug-likeness (QED) is 0.845. The highest BCUT2D eigenvalue weighted by Gasteiger charge is 2.35. The summed E-state index contributed by atoms with van der Waals surface area (Å²) < 4.78 is 13.0. The minimum Gasteiger partial charge on any atom is -0.372 e. The highest BCUT2D eigenvalue weighted by molar-refractivity contribution is 6.03. The highest BCUT2D eigenvalue weighted by atomic mass is 19.1. The summed E-state index contributed by atoms with van der Waals surface area (Å²) in [6, 6.07) is 13.4. The molecule has 2 amide bonds. The zero-order chi connectivity index (χ0) is 19.4. The Hall–Kier alpha value is -2.89. The maximum Gasteiger partial charge on any atom is 0.229 e. The van der Waals surface area contributed by atoms with Crippen molar-refractivity contribution in [2.24, 2.45) is 5.92 Å². The lowest BCUT2D eigenvalue weighted by molar-refractivity contribution is -0.122. The van der Waals surface area contributed by atoms with Crippen molar-refractivity contribution in [3.8, 4) is 0 Å². The Morgan fingerprint density at radius 2 is 1.74 bits per heavy atom. The van der Waals surface area contributed by atoms with Crippen LogP contribution in [0, 0.1) is 11.7 Å². The van der Waals surface area contributed by atoms with E-state index < -0.39 is 5.92 Å². The molecular weight excluding hydrogens is 345 g/mol. The molecule has 6 heteroatoms. The number of benzene rings is 2. The molecule has 1 aliphatic rings. The number of nitrogens with one attached hydrogen (secondary N) is 1. The van der Waals surface area contributed by atoms with Gasteiger partial charge < -0.3 is 15.1 Å². The van der Waals surface area contributed by atoms with E-state index in [2.05, 4.69) is 24.1 Å². The zero-order valence-electron chi connectivity index (χ0n) is 15.6. The summed E-state index contributed by atoms with van der Waals surface area (Å²) in [4.78, 5) is 28.7. The molecule has 0 aromatic heterocycles. The molecule has 1 unspecified atom stereocenters. The van der Waals surface area contributed by atoms with Crippen molar-refractivity contribution >= 4 is 28.9 Å². The lowest BCUT2D eigenvalue weighted by Gasteiger charge is -2.22. The second-order valence-electron chi connectivity index (χ2n) is 6.59. The van der Waals surface area contributed by atoms with E-state index in [-0.39, 0.29) is 24.1 Å². The predicted octanol–water partition coefficient (Wildman–Crippen LogP) is 3.66. The lowest BCUT2D eigenvalue weighted by atomic mass is 10.1. The maximum atomic E-state index is 13.0. The Kier molecular flexibility index (Phi) is 5.74. The molecule has 1 aliphatic heterocycles. The van der Waals surface area contributed by atoms with Gasteiger partial charge in [-0.1, -0.05) is 0 Å². The molecule has 27 heavy (non-hydrogen) atoms. The van der Waals surface area contributed by atoms with Gasteiger partial charge in [0.2, 0.25) is 11.8 Å². The average molecular weight is 369 g/mol. The number of amides is 2. The van der Waals surface area contributed by atoms with Gasteiger partial charge in [0, 0.05) is 43.1 Å². The normalized spacial score (nSPS) is 16.5. The van der Waals surface area contributed by atoms with Crippen LogP contribution in [0.3, 0.4) is 0 Å². The molecule has 3 rings (SSSR count). The number of hydrogen-bond donors (Lipinski definition) is 1. The molecular formula is C21H24FN3O2. The van der Waals surface area contributed by atoms with Gasteiger partial charge >= 0.3 is 0 Å². The fourth-order valence-electron chi connectivity index (χ4n) is 3.34. The highest BCUT2D eigenvalue weighted by Crippen LogP contribution is 2.28. The summed E-state index contributed by atoms with van der Waals surface area (Å²) in [6.45, 7) is 6.39. The van der Waals surface area contributed by atoms with Gasteiger partial charge in [0.05, 0.1) is 5.92 Å². The van der Waals surface area contributed by atoms with Crippen molar-refractivity contribution in [1.29, 1.82) is 0 Å². The molecule has 0 bridgehead atoms. The van der Waals surface area contributed by atoms with Gasteiger partial charge in [-0.05, 0) is 62.4 Å². The molecule has 2 aromatic rings. The number of halogens is 1. The fraction of sp³-hybridized carbons (Fsp3) is 0.333. The molecule has 0 saturated carbocycles. The Labute approximate surface area is 158 Å². The van der Waals surface area contributed by atoms with E-state index in [9.17, 15) is 14.0 Å². The fourth-order valence-corrected chi connectivity index (χ4v) is 3.34. The number of hydrogen-bond acceptors (Lipinski definition) is 3. The van der Waals surface area contributed by atoms with Gasteiger partial charge in [0.1, 0.15) is 5.82 Å². The van der Waals surface area contributed by atoms with Gasteiger partial charge in [-0.25, -0.2) is 4.39 Å². The predicted molar refractivity (Wildman–Crippen MR) is 105 cm³/mol. The van der Waals surface area contributed by atoms with Crippen LogP contribution in [0.5, 0.6) is 0 Å². The lowest BCUT2D eigenvalue weighted by Crippen LogP contribution is -2.28. The van der Waals surface area contributed by atoms with Crippen molar-refractivity contribution in [3.05, 3.63) is 54.3 Å². The first-order valence-electron chi connectivity index (χ1n) is 9.23. The molecule has 1 N–H and O–H groups in total. The third kappa shape index (κ3) is 4.27. The molecule has 1 fully saturated rings. The molecule has 1 atom stereocenters. The summed E-state index contributed by atoms with van der Waals surface area (Å²) in [5, 5.41) is 2.75. The Bertz CT molecular complexity index is 801. The smallest absolute Gasteiger partial charge is 0.229 e. The molecule has 0 aliphatic carbocycles. The standard InChI is InChI=1S/C21H24FN3O2/c1-3-24(4-2)18-9-11-19(12-10-18)25-14-15(13-20(25)26)21(27)23-17-7-5-16(22)6-8-17/h5-12,15H,3-4,13-14H2,1-2H3,(H,23,27). The SMILES string of the molecule is CCN(CC)c1ccc(N2CC(C(=O)Nc3ccc(F)cc3)CC2=O)cc1. The number of nitrogens with zero attached hydrogens (tertiary/aromatic N) is 2. The van der Waals surface area contributed by atoms with Crippen molar-refractivity contribution < 1.29 is 14.0 Å².